The van der Waals surface area contributed by atoms with Gasteiger partial charge in [-0.15, -0.1) is 11.3 Å². The highest BCUT2D eigenvalue weighted by atomic mass is 32.2. The third-order valence-electron chi connectivity index (χ3n) is 5.13. The fourth-order valence-electron chi connectivity index (χ4n) is 3.32. The number of amides is 1. The number of para-hydroxylation sites is 2. The molecular weight excluding hydrogens is 450 g/mol. The number of nitrogens with zero attached hydrogens (tertiary/aromatic N) is 4. The van der Waals surface area contributed by atoms with E-state index in [-0.39, 0.29) is 18.1 Å². The molecule has 0 fully saturated rings. The Labute approximate surface area is 188 Å². The first-order valence-electron chi connectivity index (χ1n) is 9.59. The van der Waals surface area contributed by atoms with E-state index in [2.05, 4.69) is 10.3 Å². The van der Waals surface area contributed by atoms with Crippen LogP contribution in [0.1, 0.15) is 0 Å². The Bertz CT molecular complexity index is 1470. The molecule has 32 heavy (non-hydrogen) atoms. The summed E-state index contributed by atoms with van der Waals surface area (Å²) < 4.78 is 27.5. The van der Waals surface area contributed by atoms with Crippen LogP contribution in [0.5, 0.6) is 0 Å². The molecule has 0 saturated heterocycles. The van der Waals surface area contributed by atoms with Crippen LogP contribution in [-0.2, 0) is 28.4 Å². The molecule has 0 aliphatic heterocycles. The van der Waals surface area contributed by atoms with Crippen molar-refractivity contribution in [1.82, 2.24) is 14.1 Å². The molecule has 0 aliphatic carbocycles. The number of benzene rings is 2. The molecule has 11 heteroatoms. The van der Waals surface area contributed by atoms with Crippen molar-refractivity contribution in [1.29, 1.82) is 0 Å². The number of carbonyl (C=O) groups excluding carboxylic acids is 1. The summed E-state index contributed by atoms with van der Waals surface area (Å²) in [7, 11) is -0.178. The van der Waals surface area contributed by atoms with Crippen LogP contribution in [0, 0.1) is 0 Å². The van der Waals surface area contributed by atoms with Crippen molar-refractivity contribution >= 4 is 49.1 Å². The SMILES string of the molecule is CN(c1ccc(-c2csc(NC(=O)Cn3c(=O)n(C)c4ccccc43)n2)cc1)S(C)(=O)=O. The summed E-state index contributed by atoms with van der Waals surface area (Å²) >= 11 is 1.27. The van der Waals surface area contributed by atoms with Gasteiger partial charge in [-0.3, -0.25) is 18.2 Å². The van der Waals surface area contributed by atoms with Crippen molar-refractivity contribution in [2.75, 3.05) is 22.9 Å². The van der Waals surface area contributed by atoms with Gasteiger partial charge in [-0.05, 0) is 24.3 Å². The molecule has 166 valence electrons. The molecule has 4 rings (SSSR count). The van der Waals surface area contributed by atoms with E-state index in [1.54, 1.807) is 42.8 Å². The van der Waals surface area contributed by atoms with E-state index in [4.69, 9.17) is 0 Å². The lowest BCUT2D eigenvalue weighted by molar-refractivity contribution is -0.116. The number of aromatic nitrogens is 3. The molecule has 0 aliphatic rings. The molecule has 4 aromatic rings. The minimum Gasteiger partial charge on any atom is -0.300 e. The average Bonchev–Trinajstić information content (AvgIpc) is 3.32. The fourth-order valence-corrected chi connectivity index (χ4v) is 4.56. The molecule has 1 N–H and O–H groups in total. The molecular formula is C21H21N5O4S2. The van der Waals surface area contributed by atoms with Crippen LogP contribution in [-0.4, -0.2) is 41.7 Å². The molecule has 0 bridgehead atoms. The van der Waals surface area contributed by atoms with Crippen LogP contribution in [0.4, 0.5) is 10.8 Å². The highest BCUT2D eigenvalue weighted by Gasteiger charge is 2.15. The zero-order valence-corrected chi connectivity index (χ0v) is 19.3. The van der Waals surface area contributed by atoms with Gasteiger partial charge in [-0.25, -0.2) is 18.2 Å². The maximum Gasteiger partial charge on any atom is 0.329 e. The van der Waals surface area contributed by atoms with Gasteiger partial charge in [0.15, 0.2) is 5.13 Å². The molecule has 0 spiro atoms. The van der Waals surface area contributed by atoms with E-state index < -0.39 is 10.0 Å². The first-order valence-corrected chi connectivity index (χ1v) is 12.3. The van der Waals surface area contributed by atoms with Gasteiger partial charge in [-0.2, -0.15) is 0 Å². The van der Waals surface area contributed by atoms with Crippen LogP contribution in [0.3, 0.4) is 0 Å². The second-order valence-electron chi connectivity index (χ2n) is 7.28. The highest BCUT2D eigenvalue weighted by Crippen LogP contribution is 2.27. The fraction of sp³-hybridized carbons (Fsp3) is 0.190. The van der Waals surface area contributed by atoms with Crippen LogP contribution < -0.4 is 15.3 Å². The Kier molecular flexibility index (Phi) is 5.61. The molecule has 2 aromatic carbocycles. The van der Waals surface area contributed by atoms with Gasteiger partial charge < -0.3 is 5.32 Å². The van der Waals surface area contributed by atoms with E-state index in [1.807, 2.05) is 18.2 Å². The zero-order chi connectivity index (χ0) is 23.0. The number of rotatable bonds is 6. The minimum atomic E-state index is -3.34. The lowest BCUT2D eigenvalue weighted by atomic mass is 10.1. The van der Waals surface area contributed by atoms with Crippen molar-refractivity contribution < 1.29 is 13.2 Å². The molecule has 9 nitrogen and oxygen atoms in total. The first-order chi connectivity index (χ1) is 15.1. The highest BCUT2D eigenvalue weighted by molar-refractivity contribution is 7.92. The number of fused-ring (bicyclic) bond motifs is 1. The summed E-state index contributed by atoms with van der Waals surface area (Å²) in [6.45, 7) is -0.123. The third-order valence-corrected chi connectivity index (χ3v) is 7.09. The zero-order valence-electron chi connectivity index (χ0n) is 17.6. The normalized spacial score (nSPS) is 11.6. The number of imidazole rings is 1. The van der Waals surface area contributed by atoms with Crippen LogP contribution >= 0.6 is 11.3 Å². The number of carbonyl (C=O) groups is 1. The predicted octanol–water partition coefficient (Wildman–Crippen LogP) is 2.50. The second-order valence-corrected chi connectivity index (χ2v) is 10.2. The summed E-state index contributed by atoms with van der Waals surface area (Å²) in [4.78, 5) is 29.5. The van der Waals surface area contributed by atoms with Crippen LogP contribution in [0.2, 0.25) is 0 Å². The Morgan fingerprint density at radius 3 is 2.44 bits per heavy atom. The maximum atomic E-state index is 12.6. The summed E-state index contributed by atoms with van der Waals surface area (Å²) in [5, 5.41) is 4.96. The standard InChI is InChI=1S/C21H21N5O4S2/c1-24-17-6-4-5-7-18(17)26(21(24)28)12-19(27)23-20-22-16(13-31-20)14-8-10-15(11-9-14)25(2)32(3,29)30/h4-11,13H,12H2,1-3H3,(H,22,23,27). The van der Waals surface area contributed by atoms with Gasteiger partial charge in [0.1, 0.15) is 6.54 Å². The second kappa shape index (κ2) is 8.24. The van der Waals surface area contributed by atoms with E-state index in [0.717, 1.165) is 17.3 Å². The Hall–Kier alpha value is -3.44. The monoisotopic (exact) mass is 471 g/mol. The van der Waals surface area contributed by atoms with E-state index in [0.29, 0.717) is 22.0 Å². The first kappa shape index (κ1) is 21.8. The Balaban J connectivity index is 1.49. The lowest BCUT2D eigenvalue weighted by Crippen LogP contribution is -2.28. The summed E-state index contributed by atoms with van der Waals surface area (Å²) in [5.74, 6) is -0.352. The lowest BCUT2D eigenvalue weighted by Gasteiger charge is -2.16. The van der Waals surface area contributed by atoms with E-state index in [9.17, 15) is 18.0 Å². The predicted molar refractivity (Wildman–Crippen MR) is 127 cm³/mol. The molecule has 1 amide bonds. The van der Waals surface area contributed by atoms with E-state index in [1.165, 1.54) is 31.8 Å². The van der Waals surface area contributed by atoms with E-state index >= 15 is 0 Å². The topological polar surface area (TPSA) is 106 Å². The van der Waals surface area contributed by atoms with Crippen molar-refractivity contribution in [3.63, 3.8) is 0 Å². The maximum absolute atomic E-state index is 12.6. The van der Waals surface area contributed by atoms with Crippen molar-refractivity contribution in [2.24, 2.45) is 7.05 Å². The Morgan fingerprint density at radius 1 is 1.12 bits per heavy atom. The van der Waals surface area contributed by atoms with Crippen molar-refractivity contribution in [3.8, 4) is 11.3 Å². The average molecular weight is 472 g/mol. The van der Waals surface area contributed by atoms with Gasteiger partial charge in [0, 0.05) is 25.0 Å². The quantitative estimate of drug-likeness (QED) is 0.465. The molecule has 0 unspecified atom stereocenters. The number of thiazole rings is 1. The van der Waals surface area contributed by atoms with Crippen LogP contribution in [0.25, 0.3) is 22.3 Å². The van der Waals surface area contributed by atoms with Gasteiger partial charge in [-0.1, -0.05) is 24.3 Å². The molecule has 2 aromatic heterocycles. The number of sulfonamides is 1. The van der Waals surface area contributed by atoms with Gasteiger partial charge in [0.05, 0.1) is 28.7 Å². The number of anilines is 2. The number of nitrogens with one attached hydrogen (secondary N) is 1. The molecule has 0 radical (unpaired) electrons. The summed E-state index contributed by atoms with van der Waals surface area (Å²) in [6.07, 6.45) is 1.14. The van der Waals surface area contributed by atoms with Crippen molar-refractivity contribution in [3.05, 3.63) is 64.4 Å². The number of hydrogen-bond acceptors (Lipinski definition) is 6. The summed E-state index contributed by atoms with van der Waals surface area (Å²) in [5.41, 5.74) is 3.17. The van der Waals surface area contributed by atoms with Crippen LogP contribution in [0.15, 0.2) is 58.7 Å². The Morgan fingerprint density at radius 2 is 1.78 bits per heavy atom. The molecule has 0 atom stereocenters. The minimum absolute atomic E-state index is 0.123. The third kappa shape index (κ3) is 4.16. The van der Waals surface area contributed by atoms with Gasteiger partial charge >= 0.3 is 5.69 Å². The van der Waals surface area contributed by atoms with Crippen molar-refractivity contribution in [2.45, 2.75) is 6.54 Å². The van der Waals surface area contributed by atoms with Gasteiger partial charge in [0.2, 0.25) is 15.9 Å². The molecule has 0 saturated carbocycles. The molecule has 2 heterocycles. The number of aryl methyl sites for hydroxylation is 1. The smallest absolute Gasteiger partial charge is 0.300 e. The summed E-state index contributed by atoms with van der Waals surface area (Å²) in [6, 6.07) is 14.2. The largest absolute Gasteiger partial charge is 0.329 e. The number of hydrogen-bond donors (Lipinski definition) is 1. The van der Waals surface area contributed by atoms with Gasteiger partial charge in [0.25, 0.3) is 0 Å².